The van der Waals surface area contributed by atoms with Gasteiger partial charge in [-0.15, -0.1) is 0 Å². The second-order valence-corrected chi connectivity index (χ2v) is 6.06. The third-order valence-corrected chi connectivity index (χ3v) is 3.93. The standard InChI is InChI=1S/C20H25N3O3/c1-14-9-10-18(26-3)17(11-14)15(2)23-19(24)13-22-20(25)21-12-16-7-5-4-6-8-16/h4-11,15H,12-13H2,1-3H3,(H,23,24)(H2,21,22,25)/t15-/m0/s1. The van der Waals surface area contributed by atoms with E-state index in [-0.39, 0.29) is 24.5 Å². The Bertz CT molecular complexity index is 747. The molecule has 2 aromatic rings. The fraction of sp³-hybridized carbons (Fsp3) is 0.300. The summed E-state index contributed by atoms with van der Waals surface area (Å²) in [5.74, 6) is 0.452. The maximum absolute atomic E-state index is 12.1. The van der Waals surface area contributed by atoms with Crippen LogP contribution in [0.4, 0.5) is 4.79 Å². The first-order valence-electron chi connectivity index (χ1n) is 8.49. The Kier molecular flexibility index (Phi) is 7.02. The molecule has 0 unspecified atom stereocenters. The monoisotopic (exact) mass is 355 g/mol. The van der Waals surface area contributed by atoms with Crippen LogP contribution in [0.5, 0.6) is 5.75 Å². The third-order valence-electron chi connectivity index (χ3n) is 3.93. The lowest BCUT2D eigenvalue weighted by atomic mass is 10.0. The maximum atomic E-state index is 12.1. The lowest BCUT2D eigenvalue weighted by molar-refractivity contribution is -0.120. The second-order valence-electron chi connectivity index (χ2n) is 6.06. The van der Waals surface area contributed by atoms with E-state index >= 15 is 0 Å². The molecular weight excluding hydrogens is 330 g/mol. The van der Waals surface area contributed by atoms with Gasteiger partial charge in [0, 0.05) is 12.1 Å². The number of ether oxygens (including phenoxy) is 1. The highest BCUT2D eigenvalue weighted by Crippen LogP contribution is 2.25. The Balaban J connectivity index is 1.79. The fourth-order valence-corrected chi connectivity index (χ4v) is 2.56. The zero-order valence-corrected chi connectivity index (χ0v) is 15.3. The smallest absolute Gasteiger partial charge is 0.315 e. The number of aryl methyl sites for hydroxylation is 1. The normalized spacial score (nSPS) is 11.3. The minimum absolute atomic E-state index is 0.0981. The van der Waals surface area contributed by atoms with Crippen LogP contribution in [0.25, 0.3) is 0 Å². The molecule has 0 fully saturated rings. The quantitative estimate of drug-likeness (QED) is 0.714. The molecule has 0 spiro atoms. The Morgan fingerprint density at radius 2 is 1.81 bits per heavy atom. The molecule has 2 rings (SSSR count). The first-order valence-corrected chi connectivity index (χ1v) is 8.49. The second kappa shape index (κ2) is 9.46. The van der Waals surface area contributed by atoms with Crippen molar-refractivity contribution in [2.75, 3.05) is 13.7 Å². The van der Waals surface area contributed by atoms with E-state index in [0.29, 0.717) is 6.54 Å². The summed E-state index contributed by atoms with van der Waals surface area (Å²) < 4.78 is 5.34. The van der Waals surface area contributed by atoms with Crippen molar-refractivity contribution in [1.82, 2.24) is 16.0 Å². The van der Waals surface area contributed by atoms with Crippen molar-refractivity contribution in [3.63, 3.8) is 0 Å². The number of carbonyl (C=O) groups is 2. The molecule has 2 aromatic carbocycles. The fourth-order valence-electron chi connectivity index (χ4n) is 2.56. The topological polar surface area (TPSA) is 79.5 Å². The summed E-state index contributed by atoms with van der Waals surface area (Å²) >= 11 is 0. The minimum Gasteiger partial charge on any atom is -0.496 e. The predicted molar refractivity (Wildman–Crippen MR) is 101 cm³/mol. The average molecular weight is 355 g/mol. The van der Waals surface area contributed by atoms with Crippen LogP contribution < -0.4 is 20.7 Å². The molecule has 0 saturated heterocycles. The number of carbonyl (C=O) groups excluding carboxylic acids is 2. The van der Waals surface area contributed by atoms with Crippen molar-refractivity contribution in [2.45, 2.75) is 26.4 Å². The predicted octanol–water partition coefficient (Wildman–Crippen LogP) is 2.68. The van der Waals surface area contributed by atoms with E-state index in [0.717, 1.165) is 22.4 Å². The van der Waals surface area contributed by atoms with Crippen LogP contribution in [0.3, 0.4) is 0 Å². The Morgan fingerprint density at radius 1 is 1.08 bits per heavy atom. The molecule has 0 aliphatic heterocycles. The molecule has 0 aromatic heterocycles. The van der Waals surface area contributed by atoms with Crippen LogP contribution in [-0.4, -0.2) is 25.6 Å². The van der Waals surface area contributed by atoms with E-state index in [9.17, 15) is 9.59 Å². The zero-order chi connectivity index (χ0) is 18.9. The van der Waals surface area contributed by atoms with Crippen molar-refractivity contribution in [2.24, 2.45) is 0 Å². The van der Waals surface area contributed by atoms with E-state index in [1.54, 1.807) is 7.11 Å². The molecule has 138 valence electrons. The van der Waals surface area contributed by atoms with Gasteiger partial charge in [-0.05, 0) is 25.5 Å². The number of benzene rings is 2. The van der Waals surface area contributed by atoms with Crippen LogP contribution in [-0.2, 0) is 11.3 Å². The molecule has 3 amide bonds. The summed E-state index contributed by atoms with van der Waals surface area (Å²) in [6, 6.07) is 14.8. The molecule has 6 nitrogen and oxygen atoms in total. The highest BCUT2D eigenvalue weighted by Gasteiger charge is 2.14. The largest absolute Gasteiger partial charge is 0.496 e. The van der Waals surface area contributed by atoms with Gasteiger partial charge in [-0.3, -0.25) is 4.79 Å². The number of amides is 3. The van der Waals surface area contributed by atoms with Gasteiger partial charge in [0.05, 0.1) is 19.7 Å². The molecular formula is C20H25N3O3. The van der Waals surface area contributed by atoms with Gasteiger partial charge in [-0.25, -0.2) is 4.79 Å². The number of rotatable bonds is 7. The van der Waals surface area contributed by atoms with Gasteiger partial charge in [0.2, 0.25) is 5.91 Å². The molecule has 0 bridgehead atoms. The van der Waals surface area contributed by atoms with Crippen molar-refractivity contribution in [3.05, 3.63) is 65.2 Å². The van der Waals surface area contributed by atoms with Crippen LogP contribution in [0.1, 0.15) is 29.7 Å². The van der Waals surface area contributed by atoms with Gasteiger partial charge in [0.1, 0.15) is 5.75 Å². The number of hydrogen-bond acceptors (Lipinski definition) is 3. The molecule has 6 heteroatoms. The summed E-state index contributed by atoms with van der Waals surface area (Å²) in [5.41, 5.74) is 2.97. The molecule has 0 saturated carbocycles. The molecule has 0 aliphatic carbocycles. The van der Waals surface area contributed by atoms with Gasteiger partial charge >= 0.3 is 6.03 Å². The summed E-state index contributed by atoms with van der Waals surface area (Å²) in [5, 5.41) is 8.14. The molecule has 26 heavy (non-hydrogen) atoms. The Labute approximate surface area is 153 Å². The van der Waals surface area contributed by atoms with E-state index in [1.807, 2.05) is 62.4 Å². The maximum Gasteiger partial charge on any atom is 0.315 e. The van der Waals surface area contributed by atoms with Crippen LogP contribution in [0.15, 0.2) is 48.5 Å². The van der Waals surface area contributed by atoms with E-state index in [4.69, 9.17) is 4.74 Å². The van der Waals surface area contributed by atoms with Gasteiger partial charge in [0.15, 0.2) is 0 Å². The minimum atomic E-state index is -0.384. The van der Waals surface area contributed by atoms with E-state index < -0.39 is 0 Å². The Hall–Kier alpha value is -3.02. The summed E-state index contributed by atoms with van der Waals surface area (Å²) in [7, 11) is 1.60. The number of urea groups is 1. The summed E-state index contributed by atoms with van der Waals surface area (Å²) in [6.07, 6.45) is 0. The Morgan fingerprint density at radius 3 is 2.50 bits per heavy atom. The molecule has 0 radical (unpaired) electrons. The summed E-state index contributed by atoms with van der Waals surface area (Å²) in [4.78, 5) is 23.9. The van der Waals surface area contributed by atoms with Gasteiger partial charge < -0.3 is 20.7 Å². The number of nitrogens with one attached hydrogen (secondary N) is 3. The number of hydrogen-bond donors (Lipinski definition) is 3. The van der Waals surface area contributed by atoms with Crippen LogP contribution in [0.2, 0.25) is 0 Å². The van der Waals surface area contributed by atoms with Crippen molar-refractivity contribution in [1.29, 1.82) is 0 Å². The van der Waals surface area contributed by atoms with E-state index in [1.165, 1.54) is 0 Å². The van der Waals surface area contributed by atoms with E-state index in [2.05, 4.69) is 16.0 Å². The SMILES string of the molecule is COc1ccc(C)cc1[C@H](C)NC(=O)CNC(=O)NCc1ccccc1. The number of methoxy groups -OCH3 is 1. The summed E-state index contributed by atoms with van der Waals surface area (Å²) in [6.45, 7) is 4.17. The van der Waals surface area contributed by atoms with Crippen LogP contribution >= 0.6 is 0 Å². The first-order chi connectivity index (χ1) is 12.5. The highest BCUT2D eigenvalue weighted by molar-refractivity contribution is 5.84. The molecule has 1 atom stereocenters. The van der Waals surface area contributed by atoms with Gasteiger partial charge in [-0.2, -0.15) is 0 Å². The lowest BCUT2D eigenvalue weighted by Crippen LogP contribution is -2.42. The third kappa shape index (κ3) is 5.81. The van der Waals surface area contributed by atoms with Gasteiger partial charge in [0.25, 0.3) is 0 Å². The first kappa shape index (κ1) is 19.3. The molecule has 0 aliphatic rings. The zero-order valence-electron chi connectivity index (χ0n) is 15.3. The molecule has 3 N–H and O–H groups in total. The average Bonchev–Trinajstić information content (AvgIpc) is 2.65. The van der Waals surface area contributed by atoms with Crippen molar-refractivity contribution in [3.8, 4) is 5.75 Å². The van der Waals surface area contributed by atoms with Crippen molar-refractivity contribution >= 4 is 11.9 Å². The highest BCUT2D eigenvalue weighted by atomic mass is 16.5. The van der Waals surface area contributed by atoms with Crippen LogP contribution in [0, 0.1) is 6.92 Å². The van der Waals surface area contributed by atoms with Gasteiger partial charge in [-0.1, -0.05) is 48.0 Å². The molecule has 0 heterocycles. The van der Waals surface area contributed by atoms with Crippen molar-refractivity contribution < 1.29 is 14.3 Å². The lowest BCUT2D eigenvalue weighted by Gasteiger charge is -2.18.